The lowest BCUT2D eigenvalue weighted by atomic mass is 9.89. The van der Waals surface area contributed by atoms with Gasteiger partial charge in [0.1, 0.15) is 0 Å². The highest BCUT2D eigenvalue weighted by atomic mass is 16.7. The van der Waals surface area contributed by atoms with Gasteiger partial charge in [0, 0.05) is 19.5 Å². The highest BCUT2D eigenvalue weighted by Gasteiger charge is 2.32. The van der Waals surface area contributed by atoms with E-state index in [9.17, 15) is 4.79 Å². The van der Waals surface area contributed by atoms with Crippen molar-refractivity contribution in [1.82, 2.24) is 4.90 Å². The summed E-state index contributed by atoms with van der Waals surface area (Å²) in [5.74, 6) is 1.06. The SMILES string of the molecule is CC(C)C1C=C(C(=O)N(C)C2CCCCC2)OC(OCCOCCO)C1. The van der Waals surface area contributed by atoms with E-state index in [1.54, 1.807) is 0 Å². The molecule has 2 rings (SSSR count). The van der Waals surface area contributed by atoms with Crippen LogP contribution in [0.2, 0.25) is 0 Å². The van der Waals surface area contributed by atoms with Crippen LogP contribution in [0.15, 0.2) is 11.8 Å². The molecular weight excluding hydrogens is 334 g/mol. The Morgan fingerprint density at radius 2 is 2.00 bits per heavy atom. The van der Waals surface area contributed by atoms with Gasteiger partial charge in [0.05, 0.1) is 26.4 Å². The van der Waals surface area contributed by atoms with Crippen LogP contribution < -0.4 is 0 Å². The van der Waals surface area contributed by atoms with Crippen molar-refractivity contribution in [2.45, 2.75) is 64.7 Å². The molecule has 1 saturated carbocycles. The zero-order valence-corrected chi connectivity index (χ0v) is 16.5. The van der Waals surface area contributed by atoms with Crippen LogP contribution in [0.1, 0.15) is 52.4 Å². The van der Waals surface area contributed by atoms with Gasteiger partial charge in [0.2, 0.25) is 6.29 Å². The van der Waals surface area contributed by atoms with Gasteiger partial charge in [-0.25, -0.2) is 0 Å². The largest absolute Gasteiger partial charge is 0.459 e. The summed E-state index contributed by atoms with van der Waals surface area (Å²) in [6.07, 6.45) is 8.09. The van der Waals surface area contributed by atoms with Gasteiger partial charge in [-0.2, -0.15) is 0 Å². The lowest BCUT2D eigenvalue weighted by molar-refractivity contribution is -0.161. The number of allylic oxidation sites excluding steroid dienone is 1. The van der Waals surface area contributed by atoms with Crippen molar-refractivity contribution in [1.29, 1.82) is 0 Å². The molecule has 6 heteroatoms. The van der Waals surface area contributed by atoms with Gasteiger partial charge in [-0.3, -0.25) is 4.79 Å². The molecule has 150 valence electrons. The first-order valence-electron chi connectivity index (χ1n) is 9.98. The standard InChI is InChI=1S/C20H35NO5/c1-15(2)16-13-18(20(23)21(3)17-7-5-4-6-8-17)26-19(14-16)25-12-11-24-10-9-22/h13,15-17,19,22H,4-12,14H2,1-3H3. The number of aliphatic hydroxyl groups is 1. The molecule has 1 heterocycles. The summed E-state index contributed by atoms with van der Waals surface area (Å²) in [7, 11) is 1.89. The number of rotatable bonds is 9. The highest BCUT2D eigenvalue weighted by Crippen LogP contribution is 2.30. The smallest absolute Gasteiger partial charge is 0.288 e. The topological polar surface area (TPSA) is 68.2 Å². The van der Waals surface area contributed by atoms with Crippen LogP contribution in [-0.4, -0.2) is 61.7 Å². The summed E-state index contributed by atoms with van der Waals surface area (Å²) in [5.41, 5.74) is 0. The molecule has 0 aromatic heterocycles. The van der Waals surface area contributed by atoms with Crippen LogP contribution in [0, 0.1) is 11.8 Å². The maximum absolute atomic E-state index is 13.0. The minimum absolute atomic E-state index is 0.00421. The van der Waals surface area contributed by atoms with E-state index in [-0.39, 0.29) is 18.4 Å². The molecule has 0 radical (unpaired) electrons. The van der Waals surface area contributed by atoms with E-state index in [4.69, 9.17) is 19.3 Å². The Hall–Kier alpha value is -1.11. The molecule has 2 unspecified atom stereocenters. The van der Waals surface area contributed by atoms with E-state index < -0.39 is 6.29 Å². The van der Waals surface area contributed by atoms with E-state index in [0.717, 1.165) is 19.3 Å². The van der Waals surface area contributed by atoms with Gasteiger partial charge >= 0.3 is 0 Å². The summed E-state index contributed by atoms with van der Waals surface area (Å²) >= 11 is 0. The molecule has 0 bridgehead atoms. The number of carbonyl (C=O) groups is 1. The number of carbonyl (C=O) groups excluding carboxylic acids is 1. The number of likely N-dealkylation sites (N-methyl/N-ethyl adjacent to an activating group) is 1. The number of hydrogen-bond acceptors (Lipinski definition) is 5. The van der Waals surface area contributed by atoms with Crippen LogP contribution in [0.5, 0.6) is 0 Å². The molecule has 0 aromatic carbocycles. The Morgan fingerprint density at radius 3 is 2.65 bits per heavy atom. The average Bonchev–Trinajstić information content (AvgIpc) is 2.67. The molecule has 1 aliphatic carbocycles. The van der Waals surface area contributed by atoms with E-state index in [2.05, 4.69) is 13.8 Å². The number of amides is 1. The maximum atomic E-state index is 13.0. The fraction of sp³-hybridized carbons (Fsp3) is 0.850. The van der Waals surface area contributed by atoms with Crippen molar-refractivity contribution in [3.63, 3.8) is 0 Å². The first kappa shape index (κ1) is 21.2. The summed E-state index contributed by atoms with van der Waals surface area (Å²) in [6, 6.07) is 0.312. The molecule has 1 N–H and O–H groups in total. The first-order chi connectivity index (χ1) is 12.5. The van der Waals surface area contributed by atoms with Gasteiger partial charge in [0.15, 0.2) is 5.76 Å². The lowest BCUT2D eigenvalue weighted by Gasteiger charge is -2.35. The first-order valence-corrected chi connectivity index (χ1v) is 9.98. The third-order valence-corrected chi connectivity index (χ3v) is 5.37. The normalized spacial score (nSPS) is 24.3. The summed E-state index contributed by atoms with van der Waals surface area (Å²) in [5, 5.41) is 8.73. The third-order valence-electron chi connectivity index (χ3n) is 5.37. The Kier molecular flexibility index (Phi) is 8.88. The molecule has 6 nitrogen and oxygen atoms in total. The Bertz CT molecular complexity index is 459. The maximum Gasteiger partial charge on any atom is 0.288 e. The zero-order valence-electron chi connectivity index (χ0n) is 16.5. The Morgan fingerprint density at radius 1 is 1.27 bits per heavy atom. The minimum atomic E-state index is -0.427. The molecule has 0 spiro atoms. The predicted octanol–water partition coefficient (Wildman–Crippen LogP) is 2.71. The third kappa shape index (κ3) is 6.25. The second kappa shape index (κ2) is 10.9. The molecule has 0 aromatic rings. The number of nitrogens with zero attached hydrogens (tertiary/aromatic N) is 1. The monoisotopic (exact) mass is 369 g/mol. The molecule has 26 heavy (non-hydrogen) atoms. The molecule has 0 saturated heterocycles. The summed E-state index contributed by atoms with van der Waals surface area (Å²) in [6.45, 7) is 5.41. The summed E-state index contributed by atoms with van der Waals surface area (Å²) in [4.78, 5) is 14.8. The van der Waals surface area contributed by atoms with E-state index in [1.807, 2.05) is 18.0 Å². The van der Waals surface area contributed by atoms with Crippen LogP contribution in [0.25, 0.3) is 0 Å². The van der Waals surface area contributed by atoms with Gasteiger partial charge in [-0.05, 0) is 30.8 Å². The van der Waals surface area contributed by atoms with E-state index >= 15 is 0 Å². The predicted molar refractivity (Wildman–Crippen MR) is 99.4 cm³/mol. The van der Waals surface area contributed by atoms with Gasteiger partial charge in [-0.1, -0.05) is 33.1 Å². The second-order valence-corrected chi connectivity index (χ2v) is 7.64. The van der Waals surface area contributed by atoms with E-state index in [0.29, 0.717) is 37.5 Å². The van der Waals surface area contributed by atoms with Crippen molar-refractivity contribution in [3.8, 4) is 0 Å². The Labute approximate surface area is 157 Å². The van der Waals surface area contributed by atoms with Crippen molar-refractivity contribution >= 4 is 5.91 Å². The fourth-order valence-corrected chi connectivity index (χ4v) is 3.62. The highest BCUT2D eigenvalue weighted by molar-refractivity contribution is 5.91. The number of hydrogen-bond donors (Lipinski definition) is 1. The average molecular weight is 370 g/mol. The lowest BCUT2D eigenvalue weighted by Crippen LogP contribution is -2.41. The molecule has 1 amide bonds. The molecule has 1 fully saturated rings. The van der Waals surface area contributed by atoms with Gasteiger partial charge < -0.3 is 24.2 Å². The van der Waals surface area contributed by atoms with Crippen LogP contribution >= 0.6 is 0 Å². The number of ether oxygens (including phenoxy) is 3. The Balaban J connectivity index is 1.94. The van der Waals surface area contributed by atoms with Crippen LogP contribution in [-0.2, 0) is 19.0 Å². The van der Waals surface area contributed by atoms with Crippen LogP contribution in [0.4, 0.5) is 0 Å². The second-order valence-electron chi connectivity index (χ2n) is 7.64. The van der Waals surface area contributed by atoms with E-state index in [1.165, 1.54) is 19.3 Å². The number of aliphatic hydroxyl groups excluding tert-OH is 1. The fourth-order valence-electron chi connectivity index (χ4n) is 3.62. The summed E-state index contributed by atoms with van der Waals surface area (Å²) < 4.78 is 16.9. The van der Waals surface area contributed by atoms with Gasteiger partial charge in [-0.15, -0.1) is 0 Å². The van der Waals surface area contributed by atoms with Crippen molar-refractivity contribution in [2.24, 2.45) is 11.8 Å². The zero-order chi connectivity index (χ0) is 18.9. The molecule has 2 aliphatic rings. The van der Waals surface area contributed by atoms with Crippen molar-refractivity contribution in [2.75, 3.05) is 33.5 Å². The molecule has 1 aliphatic heterocycles. The molecular formula is C20H35NO5. The van der Waals surface area contributed by atoms with Gasteiger partial charge in [0.25, 0.3) is 5.91 Å². The molecule has 2 atom stereocenters. The van der Waals surface area contributed by atoms with Crippen LogP contribution in [0.3, 0.4) is 0 Å². The quantitative estimate of drug-likeness (QED) is 0.633. The van der Waals surface area contributed by atoms with Crippen molar-refractivity contribution in [3.05, 3.63) is 11.8 Å². The van der Waals surface area contributed by atoms with Crippen molar-refractivity contribution < 1.29 is 24.1 Å². The minimum Gasteiger partial charge on any atom is -0.459 e.